The maximum absolute atomic E-state index is 4.43. The van der Waals surface area contributed by atoms with Gasteiger partial charge < -0.3 is 10.2 Å². The van der Waals surface area contributed by atoms with Gasteiger partial charge in [-0.2, -0.15) is 0 Å². The molecule has 0 aliphatic carbocycles. The molecule has 1 unspecified atom stereocenters. The summed E-state index contributed by atoms with van der Waals surface area (Å²) >= 11 is 1.70. The van der Waals surface area contributed by atoms with Crippen LogP contribution >= 0.6 is 11.3 Å². The average molecular weight is 319 g/mol. The van der Waals surface area contributed by atoms with E-state index in [0.717, 1.165) is 48.8 Å². The Hall–Kier alpha value is -1.24. The van der Waals surface area contributed by atoms with Crippen molar-refractivity contribution in [1.82, 2.24) is 19.8 Å². The van der Waals surface area contributed by atoms with Crippen LogP contribution in [0.15, 0.2) is 17.8 Å². The molecule has 1 atom stereocenters. The zero-order chi connectivity index (χ0) is 15.5. The summed E-state index contributed by atoms with van der Waals surface area (Å²) in [6, 6.07) is 2.59. The third-order valence-electron chi connectivity index (χ3n) is 4.50. The first-order valence-corrected chi connectivity index (χ1v) is 8.88. The highest BCUT2D eigenvalue weighted by atomic mass is 32.1. The molecule has 0 spiro atoms. The molecule has 3 rings (SSSR count). The molecule has 1 N–H and O–H groups in total. The van der Waals surface area contributed by atoms with Crippen LogP contribution in [-0.4, -0.2) is 65.6 Å². The van der Waals surface area contributed by atoms with Crippen LogP contribution in [0.2, 0.25) is 0 Å². The number of thiophene rings is 1. The van der Waals surface area contributed by atoms with Crippen molar-refractivity contribution in [2.45, 2.75) is 19.9 Å². The van der Waals surface area contributed by atoms with Crippen molar-refractivity contribution >= 4 is 27.4 Å². The van der Waals surface area contributed by atoms with Gasteiger partial charge >= 0.3 is 0 Å². The first kappa shape index (κ1) is 15.6. The van der Waals surface area contributed by atoms with Crippen molar-refractivity contribution in [3.8, 4) is 0 Å². The largest absolute Gasteiger partial charge is 0.367 e. The van der Waals surface area contributed by atoms with Gasteiger partial charge in [0.2, 0.25) is 0 Å². The van der Waals surface area contributed by atoms with Crippen LogP contribution in [-0.2, 0) is 0 Å². The van der Waals surface area contributed by atoms with Gasteiger partial charge in [-0.15, -0.1) is 11.3 Å². The van der Waals surface area contributed by atoms with Crippen molar-refractivity contribution in [2.24, 2.45) is 5.92 Å². The van der Waals surface area contributed by atoms with Crippen molar-refractivity contribution in [3.05, 3.63) is 17.8 Å². The molecule has 2 aromatic rings. The van der Waals surface area contributed by atoms with E-state index < -0.39 is 0 Å². The number of fused-ring (bicyclic) bond motifs is 1. The molecule has 6 heteroatoms. The van der Waals surface area contributed by atoms with E-state index in [0.29, 0.717) is 12.0 Å². The van der Waals surface area contributed by atoms with Crippen molar-refractivity contribution < 1.29 is 0 Å². The summed E-state index contributed by atoms with van der Waals surface area (Å²) in [6.07, 6.45) is 1.65. The molecule has 3 heterocycles. The Morgan fingerprint density at radius 1 is 1.23 bits per heavy atom. The van der Waals surface area contributed by atoms with Crippen LogP contribution in [0.3, 0.4) is 0 Å². The van der Waals surface area contributed by atoms with Crippen LogP contribution in [0.1, 0.15) is 13.8 Å². The zero-order valence-corrected chi connectivity index (χ0v) is 14.4. The van der Waals surface area contributed by atoms with E-state index >= 15 is 0 Å². The molecule has 1 saturated heterocycles. The molecule has 1 fully saturated rings. The fourth-order valence-electron chi connectivity index (χ4n) is 3.06. The summed E-state index contributed by atoms with van der Waals surface area (Å²) in [4.78, 5) is 13.8. The smallest absolute Gasteiger partial charge is 0.147 e. The Morgan fingerprint density at radius 2 is 2.00 bits per heavy atom. The average Bonchev–Trinajstić information content (AvgIpc) is 2.98. The second-order valence-electron chi connectivity index (χ2n) is 6.39. The van der Waals surface area contributed by atoms with Crippen LogP contribution in [0, 0.1) is 5.92 Å². The molecule has 120 valence electrons. The van der Waals surface area contributed by atoms with Gasteiger partial charge in [0.25, 0.3) is 0 Å². The minimum Gasteiger partial charge on any atom is -0.367 e. The van der Waals surface area contributed by atoms with Gasteiger partial charge in [0.05, 0.1) is 10.2 Å². The monoisotopic (exact) mass is 319 g/mol. The van der Waals surface area contributed by atoms with Gasteiger partial charge in [0.1, 0.15) is 12.1 Å². The fraction of sp³-hybridized carbons (Fsp3) is 0.625. The third kappa shape index (κ3) is 3.39. The number of likely N-dealkylation sites (N-methyl/N-ethyl adjacent to an activating group) is 1. The van der Waals surface area contributed by atoms with Crippen LogP contribution in [0.5, 0.6) is 0 Å². The summed E-state index contributed by atoms with van der Waals surface area (Å²) in [5, 5.41) is 5.64. The lowest BCUT2D eigenvalue weighted by molar-refractivity contribution is 0.0944. The maximum Gasteiger partial charge on any atom is 0.147 e. The highest BCUT2D eigenvalue weighted by Gasteiger charge is 2.25. The molecule has 0 radical (unpaired) electrons. The van der Waals surface area contributed by atoms with Crippen molar-refractivity contribution in [2.75, 3.05) is 45.1 Å². The lowest BCUT2D eigenvalue weighted by Crippen LogP contribution is -2.52. The molecule has 0 bridgehead atoms. The van der Waals surface area contributed by atoms with Crippen LogP contribution < -0.4 is 5.32 Å². The highest BCUT2D eigenvalue weighted by Crippen LogP contribution is 2.25. The van der Waals surface area contributed by atoms with E-state index in [4.69, 9.17) is 0 Å². The molecular weight excluding hydrogens is 294 g/mol. The lowest BCUT2D eigenvalue weighted by Gasteiger charge is -2.40. The first-order chi connectivity index (χ1) is 10.6. The third-order valence-corrected chi connectivity index (χ3v) is 5.41. The summed E-state index contributed by atoms with van der Waals surface area (Å²) in [5.74, 6) is 1.59. The predicted octanol–water partition coefficient (Wildman–Crippen LogP) is 2.38. The molecule has 0 aromatic carbocycles. The van der Waals surface area contributed by atoms with Crippen LogP contribution in [0.25, 0.3) is 10.2 Å². The van der Waals surface area contributed by atoms with Crippen molar-refractivity contribution in [1.29, 1.82) is 0 Å². The lowest BCUT2D eigenvalue weighted by atomic mass is 10.0. The molecule has 1 aliphatic rings. The van der Waals surface area contributed by atoms with Gasteiger partial charge in [0.15, 0.2) is 0 Å². The Kier molecular flexibility index (Phi) is 4.90. The standard InChI is InChI=1S/C16H25N5S/c1-12(2)14(21-7-5-20(3)6-8-21)10-17-16-15-13(4-9-22-15)18-11-19-16/h4,9,11-12,14H,5-8,10H2,1-3H3,(H,17,18,19). The van der Waals surface area contributed by atoms with Crippen LogP contribution in [0.4, 0.5) is 5.82 Å². The number of aromatic nitrogens is 2. The van der Waals surface area contributed by atoms with Gasteiger partial charge in [-0.25, -0.2) is 9.97 Å². The molecule has 1 aliphatic heterocycles. The highest BCUT2D eigenvalue weighted by molar-refractivity contribution is 7.17. The topological polar surface area (TPSA) is 44.3 Å². The van der Waals surface area contributed by atoms with E-state index in [9.17, 15) is 0 Å². The van der Waals surface area contributed by atoms with E-state index in [1.165, 1.54) is 0 Å². The number of anilines is 1. The Morgan fingerprint density at radius 3 is 2.73 bits per heavy atom. The Bertz CT molecular complexity index is 603. The normalized spacial score (nSPS) is 18.9. The molecule has 0 saturated carbocycles. The van der Waals surface area contributed by atoms with E-state index in [1.54, 1.807) is 17.7 Å². The van der Waals surface area contributed by atoms with Gasteiger partial charge in [0, 0.05) is 38.8 Å². The minimum absolute atomic E-state index is 0.540. The number of nitrogens with one attached hydrogen (secondary N) is 1. The number of hydrogen-bond acceptors (Lipinski definition) is 6. The van der Waals surface area contributed by atoms with Crippen molar-refractivity contribution in [3.63, 3.8) is 0 Å². The summed E-state index contributed by atoms with van der Waals surface area (Å²) < 4.78 is 1.16. The second-order valence-corrected chi connectivity index (χ2v) is 7.30. The number of nitrogens with zero attached hydrogens (tertiary/aromatic N) is 4. The molecular formula is C16H25N5S. The quantitative estimate of drug-likeness (QED) is 0.917. The summed E-state index contributed by atoms with van der Waals surface area (Å²) in [6.45, 7) is 10.2. The predicted molar refractivity (Wildman–Crippen MR) is 93.6 cm³/mol. The molecule has 2 aromatic heterocycles. The van der Waals surface area contributed by atoms with Gasteiger partial charge in [-0.1, -0.05) is 13.8 Å². The number of hydrogen-bond donors (Lipinski definition) is 1. The van der Waals surface area contributed by atoms with Gasteiger partial charge in [-0.3, -0.25) is 4.90 Å². The zero-order valence-electron chi connectivity index (χ0n) is 13.6. The number of piperazine rings is 1. The fourth-order valence-corrected chi connectivity index (χ4v) is 3.87. The number of rotatable bonds is 5. The SMILES string of the molecule is CC(C)C(CNc1ncnc2ccsc12)N1CCN(C)CC1. The minimum atomic E-state index is 0.540. The first-order valence-electron chi connectivity index (χ1n) is 8.00. The second kappa shape index (κ2) is 6.89. The Balaban J connectivity index is 1.68. The molecule has 5 nitrogen and oxygen atoms in total. The van der Waals surface area contributed by atoms with Gasteiger partial charge in [-0.05, 0) is 24.4 Å². The maximum atomic E-state index is 4.43. The van der Waals surface area contributed by atoms with E-state index in [-0.39, 0.29) is 0 Å². The molecule has 22 heavy (non-hydrogen) atoms. The van der Waals surface area contributed by atoms with E-state index in [2.05, 4.69) is 51.4 Å². The summed E-state index contributed by atoms with van der Waals surface area (Å²) in [5.41, 5.74) is 1.03. The van der Waals surface area contributed by atoms with E-state index in [1.807, 2.05) is 6.07 Å². The molecule has 0 amide bonds. The Labute approximate surface area is 136 Å². The summed E-state index contributed by atoms with van der Waals surface area (Å²) in [7, 11) is 2.20.